The molecule has 94 valence electrons. The maximum Gasteiger partial charge on any atom is 0.0725 e. The van der Waals surface area contributed by atoms with Crippen LogP contribution in [0.4, 0.5) is 0 Å². The Hall–Kier alpha value is -0.870. The molecule has 0 aliphatic heterocycles. The van der Waals surface area contributed by atoms with Gasteiger partial charge in [-0.3, -0.25) is 5.84 Å². The summed E-state index contributed by atoms with van der Waals surface area (Å²) in [4.78, 5) is 0. The smallest absolute Gasteiger partial charge is 0.0725 e. The van der Waals surface area contributed by atoms with E-state index in [2.05, 4.69) is 40.4 Å². The molecular weight excluding hydrogens is 312 g/mol. The van der Waals surface area contributed by atoms with Gasteiger partial charge in [-0.25, -0.2) is 5.43 Å². The third-order valence-corrected chi connectivity index (χ3v) is 4.15. The fourth-order valence-corrected chi connectivity index (χ4v) is 2.58. The van der Waals surface area contributed by atoms with Crippen LogP contribution in [0.2, 0.25) is 5.02 Å². The highest BCUT2D eigenvalue weighted by atomic mass is 79.9. The molecular formula is C14H14BrClN2. The summed E-state index contributed by atoms with van der Waals surface area (Å²) in [6.45, 7) is 2.06. The summed E-state index contributed by atoms with van der Waals surface area (Å²) >= 11 is 9.74. The summed E-state index contributed by atoms with van der Waals surface area (Å²) in [6, 6.07) is 13.9. The van der Waals surface area contributed by atoms with Crippen molar-refractivity contribution < 1.29 is 0 Å². The molecule has 2 nitrogen and oxygen atoms in total. The predicted molar refractivity (Wildman–Crippen MR) is 79.5 cm³/mol. The minimum absolute atomic E-state index is 0.116. The van der Waals surface area contributed by atoms with Crippen molar-refractivity contribution in [2.45, 2.75) is 13.0 Å². The zero-order valence-corrected chi connectivity index (χ0v) is 12.3. The highest BCUT2D eigenvalue weighted by Crippen LogP contribution is 2.33. The average molecular weight is 326 g/mol. The van der Waals surface area contributed by atoms with Crippen LogP contribution in [-0.4, -0.2) is 0 Å². The van der Waals surface area contributed by atoms with E-state index in [1.54, 1.807) is 0 Å². The van der Waals surface area contributed by atoms with Crippen LogP contribution in [0.25, 0.3) is 0 Å². The molecule has 2 rings (SSSR count). The van der Waals surface area contributed by atoms with Gasteiger partial charge in [-0.1, -0.05) is 53.6 Å². The summed E-state index contributed by atoms with van der Waals surface area (Å²) in [5, 5.41) is 0.682. The molecule has 1 unspecified atom stereocenters. The molecule has 0 saturated heterocycles. The molecule has 0 fully saturated rings. The first-order valence-electron chi connectivity index (χ1n) is 5.60. The van der Waals surface area contributed by atoms with Crippen molar-refractivity contribution in [1.29, 1.82) is 0 Å². The van der Waals surface area contributed by atoms with Crippen molar-refractivity contribution >= 4 is 27.5 Å². The van der Waals surface area contributed by atoms with Crippen LogP contribution in [0, 0.1) is 6.92 Å². The standard InChI is InChI=1S/C14H14BrClN2/c1-9-4-2-5-10(8-9)14(18-17)11-6-3-7-12(15)13(11)16/h2-8,14,18H,17H2,1H3. The Morgan fingerprint density at radius 3 is 2.61 bits per heavy atom. The van der Waals surface area contributed by atoms with E-state index in [1.165, 1.54) is 5.56 Å². The molecule has 0 aromatic heterocycles. The normalized spacial score (nSPS) is 12.4. The number of aryl methyl sites for hydroxylation is 1. The first-order valence-corrected chi connectivity index (χ1v) is 6.77. The van der Waals surface area contributed by atoms with Crippen LogP contribution < -0.4 is 11.3 Å². The summed E-state index contributed by atoms with van der Waals surface area (Å²) < 4.78 is 0.870. The van der Waals surface area contributed by atoms with Crippen LogP contribution in [0.1, 0.15) is 22.7 Å². The number of hydrogen-bond donors (Lipinski definition) is 2. The lowest BCUT2D eigenvalue weighted by atomic mass is 9.98. The first kappa shape index (κ1) is 13.6. The van der Waals surface area contributed by atoms with Gasteiger partial charge in [-0.05, 0) is 40.0 Å². The van der Waals surface area contributed by atoms with Gasteiger partial charge in [-0.15, -0.1) is 0 Å². The lowest BCUT2D eigenvalue weighted by Crippen LogP contribution is -2.29. The van der Waals surface area contributed by atoms with Gasteiger partial charge in [0.05, 0.1) is 11.1 Å². The molecule has 4 heteroatoms. The molecule has 18 heavy (non-hydrogen) atoms. The molecule has 0 heterocycles. The average Bonchev–Trinajstić information content (AvgIpc) is 2.35. The van der Waals surface area contributed by atoms with Gasteiger partial charge in [0.1, 0.15) is 0 Å². The van der Waals surface area contributed by atoms with E-state index in [4.69, 9.17) is 17.4 Å². The SMILES string of the molecule is Cc1cccc(C(NN)c2cccc(Br)c2Cl)c1. The molecule has 2 aromatic rings. The lowest BCUT2D eigenvalue weighted by molar-refractivity contribution is 0.636. The van der Waals surface area contributed by atoms with E-state index in [0.717, 1.165) is 15.6 Å². The van der Waals surface area contributed by atoms with Crippen LogP contribution in [0.15, 0.2) is 46.9 Å². The molecule has 0 aliphatic carbocycles. The summed E-state index contributed by atoms with van der Waals surface area (Å²) in [5.41, 5.74) is 6.07. The highest BCUT2D eigenvalue weighted by molar-refractivity contribution is 9.10. The van der Waals surface area contributed by atoms with Crippen molar-refractivity contribution in [3.63, 3.8) is 0 Å². The van der Waals surface area contributed by atoms with E-state index in [-0.39, 0.29) is 6.04 Å². The monoisotopic (exact) mass is 324 g/mol. The summed E-state index contributed by atoms with van der Waals surface area (Å²) in [6.07, 6.45) is 0. The molecule has 0 saturated carbocycles. The van der Waals surface area contributed by atoms with Gasteiger partial charge in [-0.2, -0.15) is 0 Å². The first-order chi connectivity index (χ1) is 8.63. The quantitative estimate of drug-likeness (QED) is 0.662. The molecule has 0 radical (unpaired) electrons. The molecule has 2 aromatic carbocycles. The molecule has 0 spiro atoms. The second-order valence-electron chi connectivity index (χ2n) is 4.16. The maximum atomic E-state index is 6.31. The van der Waals surface area contributed by atoms with Gasteiger partial charge in [0.15, 0.2) is 0 Å². The second kappa shape index (κ2) is 5.85. The van der Waals surface area contributed by atoms with E-state index < -0.39 is 0 Å². The molecule has 0 aliphatic rings. The van der Waals surface area contributed by atoms with Crippen molar-refractivity contribution in [2.24, 2.45) is 5.84 Å². The number of rotatable bonds is 3. The zero-order valence-electron chi connectivity index (χ0n) is 9.95. The van der Waals surface area contributed by atoms with E-state index >= 15 is 0 Å². The van der Waals surface area contributed by atoms with Gasteiger partial charge in [0.25, 0.3) is 0 Å². The Morgan fingerprint density at radius 1 is 1.22 bits per heavy atom. The number of halogens is 2. The number of benzene rings is 2. The fraction of sp³-hybridized carbons (Fsp3) is 0.143. The van der Waals surface area contributed by atoms with Crippen LogP contribution >= 0.6 is 27.5 Å². The number of hydrogen-bond acceptors (Lipinski definition) is 2. The molecule has 0 bridgehead atoms. The van der Waals surface area contributed by atoms with Crippen molar-refractivity contribution in [3.8, 4) is 0 Å². The predicted octanol–water partition coefficient (Wildman–Crippen LogP) is 3.96. The zero-order chi connectivity index (χ0) is 13.1. The Bertz CT molecular complexity index is 557. The van der Waals surface area contributed by atoms with Crippen molar-refractivity contribution in [1.82, 2.24) is 5.43 Å². The number of hydrazine groups is 1. The van der Waals surface area contributed by atoms with Crippen molar-refractivity contribution in [3.05, 3.63) is 68.7 Å². The minimum Gasteiger partial charge on any atom is -0.271 e. The number of nitrogens with two attached hydrogens (primary N) is 1. The summed E-state index contributed by atoms with van der Waals surface area (Å²) in [7, 11) is 0. The lowest BCUT2D eigenvalue weighted by Gasteiger charge is -2.19. The Morgan fingerprint density at radius 2 is 1.94 bits per heavy atom. The van der Waals surface area contributed by atoms with E-state index in [9.17, 15) is 0 Å². The Labute approximate surface area is 120 Å². The molecule has 0 amide bonds. The van der Waals surface area contributed by atoms with Crippen LogP contribution in [-0.2, 0) is 0 Å². The molecule has 3 N–H and O–H groups in total. The van der Waals surface area contributed by atoms with Crippen LogP contribution in [0.5, 0.6) is 0 Å². The molecule has 1 atom stereocenters. The Kier molecular flexibility index (Phi) is 4.40. The fourth-order valence-electron chi connectivity index (χ4n) is 1.96. The van der Waals surface area contributed by atoms with Gasteiger partial charge in [0.2, 0.25) is 0 Å². The van der Waals surface area contributed by atoms with Crippen molar-refractivity contribution in [2.75, 3.05) is 0 Å². The second-order valence-corrected chi connectivity index (χ2v) is 5.39. The van der Waals surface area contributed by atoms with E-state index in [1.807, 2.05) is 30.3 Å². The topological polar surface area (TPSA) is 38.0 Å². The van der Waals surface area contributed by atoms with E-state index in [0.29, 0.717) is 5.02 Å². The van der Waals surface area contributed by atoms with Gasteiger partial charge in [0, 0.05) is 4.47 Å². The maximum absolute atomic E-state index is 6.31. The van der Waals surface area contributed by atoms with Crippen LogP contribution in [0.3, 0.4) is 0 Å². The number of nitrogens with one attached hydrogen (secondary N) is 1. The third-order valence-electron chi connectivity index (χ3n) is 2.83. The third kappa shape index (κ3) is 2.75. The van der Waals surface area contributed by atoms with Gasteiger partial charge < -0.3 is 0 Å². The van der Waals surface area contributed by atoms with Gasteiger partial charge >= 0.3 is 0 Å². The summed E-state index contributed by atoms with van der Waals surface area (Å²) in [5.74, 6) is 5.68. The Balaban J connectivity index is 2.49. The minimum atomic E-state index is -0.116. The highest BCUT2D eigenvalue weighted by Gasteiger charge is 2.16. The largest absolute Gasteiger partial charge is 0.271 e.